The van der Waals surface area contributed by atoms with Gasteiger partial charge in [0.1, 0.15) is 0 Å². The number of ether oxygens (including phenoxy) is 1. The first-order valence-electron chi connectivity index (χ1n) is 7.89. The van der Waals surface area contributed by atoms with Gasteiger partial charge in [0.2, 0.25) is 0 Å². The largest absolute Gasteiger partial charge is 0.461 e. The number of nitrogens with zero attached hydrogens (tertiary/aromatic N) is 1. The number of rotatable bonds is 4. The van der Waals surface area contributed by atoms with Gasteiger partial charge < -0.3 is 4.74 Å². The molecule has 0 saturated carbocycles. The van der Waals surface area contributed by atoms with Crippen LogP contribution in [0.15, 0.2) is 36.0 Å². The Labute approximate surface area is 134 Å². The lowest BCUT2D eigenvalue weighted by Crippen LogP contribution is -2.23. The van der Waals surface area contributed by atoms with Crippen LogP contribution in [-0.2, 0) is 9.53 Å². The van der Waals surface area contributed by atoms with Crippen molar-refractivity contribution in [3.8, 4) is 0 Å². The number of hydrogen-bond donors (Lipinski definition) is 1. The van der Waals surface area contributed by atoms with Crippen LogP contribution in [0.25, 0.3) is 10.9 Å². The normalized spacial score (nSPS) is 14.7. The average Bonchev–Trinajstić information content (AvgIpc) is 2.81. The Kier molecular flexibility index (Phi) is 4.19. The van der Waals surface area contributed by atoms with Crippen LogP contribution in [0.1, 0.15) is 42.2 Å². The smallest absolute Gasteiger partial charge is 0.357 e. The highest BCUT2D eigenvalue weighted by molar-refractivity contribution is 5.99. The molecule has 5 nitrogen and oxygen atoms in total. The lowest BCUT2D eigenvalue weighted by molar-refractivity contribution is -0.115. The van der Waals surface area contributed by atoms with E-state index in [9.17, 15) is 9.59 Å². The molecule has 0 unspecified atom stereocenters. The lowest BCUT2D eigenvalue weighted by atomic mass is 10.0. The summed E-state index contributed by atoms with van der Waals surface area (Å²) in [7, 11) is 0. The first-order chi connectivity index (χ1) is 11.1. The molecule has 0 bridgehead atoms. The molecule has 1 aromatic carbocycles. The molecule has 1 aliphatic rings. The number of allylic oxidation sites excluding steroid dienone is 2. The van der Waals surface area contributed by atoms with Crippen LogP contribution in [0.5, 0.6) is 0 Å². The van der Waals surface area contributed by atoms with Crippen molar-refractivity contribution < 1.29 is 14.3 Å². The van der Waals surface area contributed by atoms with Crippen molar-refractivity contribution in [1.82, 2.24) is 4.68 Å². The predicted octanol–water partition coefficient (Wildman–Crippen LogP) is 3.31. The van der Waals surface area contributed by atoms with E-state index in [-0.39, 0.29) is 11.8 Å². The van der Waals surface area contributed by atoms with Gasteiger partial charge in [-0.2, -0.15) is 0 Å². The van der Waals surface area contributed by atoms with Gasteiger partial charge in [-0.25, -0.2) is 9.47 Å². The maximum atomic E-state index is 12.4. The van der Waals surface area contributed by atoms with E-state index in [2.05, 4.69) is 5.43 Å². The number of esters is 1. The molecule has 1 aliphatic carbocycles. The summed E-state index contributed by atoms with van der Waals surface area (Å²) < 4.78 is 6.95. The highest BCUT2D eigenvalue weighted by atomic mass is 16.5. The second kappa shape index (κ2) is 6.28. The molecule has 0 fully saturated rings. The topological polar surface area (TPSA) is 60.3 Å². The Morgan fingerprint density at radius 1 is 1.30 bits per heavy atom. The number of para-hydroxylation sites is 1. The Bertz CT molecular complexity index is 802. The van der Waals surface area contributed by atoms with Crippen LogP contribution in [0.2, 0.25) is 0 Å². The van der Waals surface area contributed by atoms with E-state index in [0.29, 0.717) is 18.7 Å². The van der Waals surface area contributed by atoms with Gasteiger partial charge in [-0.1, -0.05) is 18.2 Å². The molecule has 1 heterocycles. The summed E-state index contributed by atoms with van der Waals surface area (Å²) in [6.45, 7) is 4.02. The summed E-state index contributed by atoms with van der Waals surface area (Å²) in [6.07, 6.45) is 3.83. The second-order valence-electron chi connectivity index (χ2n) is 5.65. The summed E-state index contributed by atoms with van der Waals surface area (Å²) in [5.41, 5.74) is 6.31. The molecule has 0 atom stereocenters. The summed E-state index contributed by atoms with van der Waals surface area (Å²) in [6, 6.07) is 7.79. The summed E-state index contributed by atoms with van der Waals surface area (Å²) >= 11 is 0. The van der Waals surface area contributed by atoms with E-state index in [1.165, 1.54) is 0 Å². The molecular weight excluding hydrogens is 292 g/mol. The van der Waals surface area contributed by atoms with Crippen molar-refractivity contribution in [2.45, 2.75) is 33.1 Å². The molecule has 0 saturated heterocycles. The maximum Gasteiger partial charge on any atom is 0.357 e. The number of hydrogen-bond acceptors (Lipinski definition) is 4. The molecule has 23 heavy (non-hydrogen) atoms. The molecule has 3 rings (SSSR count). The number of aromatic nitrogens is 1. The standard InChI is InChI=1S/C18H20N2O3/c1-3-23-18(22)17-12(2)15-9-4-5-10-16(15)20(17)19-13-7-6-8-14(21)11-13/h4-5,9-11,19H,3,6-8H2,1-2H3. The molecule has 120 valence electrons. The minimum atomic E-state index is -0.364. The van der Waals surface area contributed by atoms with Crippen molar-refractivity contribution in [3.05, 3.63) is 47.3 Å². The van der Waals surface area contributed by atoms with E-state index in [1.807, 2.05) is 31.2 Å². The minimum absolute atomic E-state index is 0.115. The molecule has 1 N–H and O–H groups in total. The van der Waals surface area contributed by atoms with Crippen LogP contribution < -0.4 is 5.43 Å². The third-order valence-corrected chi connectivity index (χ3v) is 4.06. The summed E-state index contributed by atoms with van der Waals surface area (Å²) in [5, 5.41) is 0.991. The zero-order valence-corrected chi connectivity index (χ0v) is 13.4. The van der Waals surface area contributed by atoms with Crippen LogP contribution in [0, 0.1) is 6.92 Å². The van der Waals surface area contributed by atoms with Gasteiger partial charge in [-0.3, -0.25) is 10.2 Å². The predicted molar refractivity (Wildman–Crippen MR) is 88.9 cm³/mol. The van der Waals surface area contributed by atoms with Crippen LogP contribution >= 0.6 is 0 Å². The lowest BCUT2D eigenvalue weighted by Gasteiger charge is -2.18. The van der Waals surface area contributed by atoms with E-state index < -0.39 is 0 Å². The quantitative estimate of drug-likeness (QED) is 0.880. The number of aryl methyl sites for hydroxylation is 1. The fourth-order valence-electron chi connectivity index (χ4n) is 2.98. The summed E-state index contributed by atoms with van der Waals surface area (Å²) in [4.78, 5) is 24.0. The number of benzene rings is 1. The van der Waals surface area contributed by atoms with Crippen molar-refractivity contribution in [3.63, 3.8) is 0 Å². The van der Waals surface area contributed by atoms with Crippen molar-refractivity contribution in [2.75, 3.05) is 12.0 Å². The molecule has 1 aromatic heterocycles. The highest BCUT2D eigenvalue weighted by Gasteiger charge is 2.22. The number of ketones is 1. The molecule has 0 amide bonds. The van der Waals surface area contributed by atoms with E-state index in [4.69, 9.17) is 4.74 Å². The second-order valence-corrected chi connectivity index (χ2v) is 5.65. The van der Waals surface area contributed by atoms with Gasteiger partial charge in [0.15, 0.2) is 11.5 Å². The molecule has 2 aromatic rings. The number of fused-ring (bicyclic) bond motifs is 1. The third kappa shape index (κ3) is 2.86. The highest BCUT2D eigenvalue weighted by Crippen LogP contribution is 2.26. The summed E-state index contributed by atoms with van der Waals surface area (Å²) in [5.74, 6) is -0.249. The molecule has 0 spiro atoms. The Morgan fingerprint density at radius 2 is 2.09 bits per heavy atom. The minimum Gasteiger partial charge on any atom is -0.461 e. The zero-order valence-electron chi connectivity index (χ0n) is 13.4. The fourth-order valence-corrected chi connectivity index (χ4v) is 2.98. The zero-order chi connectivity index (χ0) is 16.4. The van der Waals surface area contributed by atoms with Gasteiger partial charge in [0, 0.05) is 23.6 Å². The fraction of sp³-hybridized carbons (Fsp3) is 0.333. The van der Waals surface area contributed by atoms with Gasteiger partial charge in [0.25, 0.3) is 0 Å². The Morgan fingerprint density at radius 3 is 2.83 bits per heavy atom. The maximum absolute atomic E-state index is 12.4. The third-order valence-electron chi connectivity index (χ3n) is 4.06. The number of carbonyl (C=O) groups excluding carboxylic acids is 2. The number of nitrogens with one attached hydrogen (secondary N) is 1. The van der Waals surface area contributed by atoms with Crippen molar-refractivity contribution >= 4 is 22.7 Å². The average molecular weight is 312 g/mol. The molecule has 0 radical (unpaired) electrons. The monoisotopic (exact) mass is 312 g/mol. The Balaban J connectivity index is 2.11. The number of carbonyl (C=O) groups is 2. The van der Waals surface area contributed by atoms with Gasteiger partial charge >= 0.3 is 5.97 Å². The van der Waals surface area contributed by atoms with Crippen molar-refractivity contribution in [2.24, 2.45) is 0 Å². The van der Waals surface area contributed by atoms with E-state index in [0.717, 1.165) is 35.0 Å². The van der Waals surface area contributed by atoms with Gasteiger partial charge in [0.05, 0.1) is 12.1 Å². The first kappa shape index (κ1) is 15.3. The van der Waals surface area contributed by atoms with Crippen LogP contribution in [0.3, 0.4) is 0 Å². The van der Waals surface area contributed by atoms with E-state index in [1.54, 1.807) is 17.7 Å². The molecule has 0 aliphatic heterocycles. The molecular formula is C18H20N2O3. The first-order valence-corrected chi connectivity index (χ1v) is 7.89. The van der Waals surface area contributed by atoms with Crippen LogP contribution in [-0.4, -0.2) is 23.0 Å². The SMILES string of the molecule is CCOC(=O)c1c(C)c2ccccc2n1NC1=CC(=O)CCC1. The van der Waals surface area contributed by atoms with Crippen molar-refractivity contribution in [1.29, 1.82) is 0 Å². The van der Waals surface area contributed by atoms with Gasteiger partial charge in [-0.15, -0.1) is 0 Å². The van der Waals surface area contributed by atoms with E-state index >= 15 is 0 Å². The molecule has 5 heteroatoms. The van der Waals surface area contributed by atoms with Crippen LogP contribution in [0.4, 0.5) is 0 Å². The van der Waals surface area contributed by atoms with Gasteiger partial charge in [-0.05, 0) is 38.3 Å². The Hall–Kier alpha value is -2.56.